The van der Waals surface area contributed by atoms with Gasteiger partial charge in [-0.1, -0.05) is 30.3 Å². The molecule has 0 aliphatic carbocycles. The number of ether oxygens (including phenoxy) is 1. The van der Waals surface area contributed by atoms with Crippen LogP contribution in [-0.2, 0) is 9.53 Å². The zero-order chi connectivity index (χ0) is 20.0. The number of nitrogen functional groups attached to an aromatic ring is 1. The molecule has 1 aromatic carbocycles. The van der Waals surface area contributed by atoms with Crippen molar-refractivity contribution in [1.82, 2.24) is 9.97 Å². The lowest BCUT2D eigenvalue weighted by Gasteiger charge is -2.13. The van der Waals surface area contributed by atoms with E-state index in [1.807, 2.05) is 6.92 Å². The van der Waals surface area contributed by atoms with Crippen LogP contribution in [0.2, 0.25) is 5.02 Å². The van der Waals surface area contributed by atoms with Crippen LogP contribution >= 0.6 is 23.4 Å². The monoisotopic (exact) mass is 410 g/mol. The SMILES string of the molecule is CCOC(=O)[C@H](CC)Sc1nc(N)c(NC(=O)c2ccc(Cl)cc2)c(=O)[nH]1. The highest BCUT2D eigenvalue weighted by molar-refractivity contribution is 8.00. The molecule has 1 heterocycles. The van der Waals surface area contributed by atoms with Gasteiger partial charge >= 0.3 is 5.97 Å². The van der Waals surface area contributed by atoms with Crippen molar-refractivity contribution in [3.8, 4) is 0 Å². The molecule has 0 unspecified atom stereocenters. The Bertz CT molecular complexity index is 885. The highest BCUT2D eigenvalue weighted by atomic mass is 35.5. The number of amides is 1. The van der Waals surface area contributed by atoms with Gasteiger partial charge in [0.25, 0.3) is 11.5 Å². The van der Waals surface area contributed by atoms with Crippen molar-refractivity contribution in [3.63, 3.8) is 0 Å². The summed E-state index contributed by atoms with van der Waals surface area (Å²) in [5.41, 5.74) is 5.36. The van der Waals surface area contributed by atoms with E-state index in [1.54, 1.807) is 19.1 Å². The highest BCUT2D eigenvalue weighted by Gasteiger charge is 2.22. The van der Waals surface area contributed by atoms with Gasteiger partial charge in [0.2, 0.25) is 0 Å². The number of halogens is 1. The summed E-state index contributed by atoms with van der Waals surface area (Å²) < 4.78 is 4.98. The van der Waals surface area contributed by atoms with Crippen LogP contribution < -0.4 is 16.6 Å². The minimum absolute atomic E-state index is 0.151. The molecule has 27 heavy (non-hydrogen) atoms. The molecule has 1 atom stereocenters. The number of esters is 1. The van der Waals surface area contributed by atoms with Crippen LogP contribution in [0.25, 0.3) is 0 Å². The summed E-state index contributed by atoms with van der Waals surface area (Å²) in [6, 6.07) is 6.15. The first-order valence-electron chi connectivity index (χ1n) is 8.15. The standard InChI is InChI=1S/C17H19ClN4O4S/c1-3-11(16(25)26-4-2)27-17-21-13(19)12(15(24)22-17)20-14(23)9-5-7-10(18)8-6-9/h5-8,11H,3-4H2,1-2H3,(H,20,23)(H3,19,21,22,24)/t11-/m0/s1. The van der Waals surface area contributed by atoms with E-state index in [0.717, 1.165) is 11.8 Å². The molecule has 4 N–H and O–H groups in total. The number of benzene rings is 1. The second-order valence-corrected chi connectivity index (χ2v) is 6.99. The van der Waals surface area contributed by atoms with Crippen LogP contribution in [0.15, 0.2) is 34.2 Å². The molecular weight excluding hydrogens is 392 g/mol. The number of carbonyl (C=O) groups excluding carboxylic acids is 2. The number of anilines is 2. The molecule has 1 amide bonds. The summed E-state index contributed by atoms with van der Waals surface area (Å²) in [7, 11) is 0. The topological polar surface area (TPSA) is 127 Å². The number of nitrogens with two attached hydrogens (primary N) is 1. The van der Waals surface area contributed by atoms with E-state index >= 15 is 0 Å². The van der Waals surface area contributed by atoms with Crippen molar-refractivity contribution in [3.05, 3.63) is 45.2 Å². The van der Waals surface area contributed by atoms with Gasteiger partial charge in [-0.15, -0.1) is 0 Å². The number of hydrogen-bond donors (Lipinski definition) is 3. The number of aromatic amines is 1. The van der Waals surface area contributed by atoms with Crippen LogP contribution in [0.5, 0.6) is 0 Å². The summed E-state index contributed by atoms with van der Waals surface area (Å²) in [5, 5.41) is 2.57. The minimum Gasteiger partial charge on any atom is -0.465 e. The van der Waals surface area contributed by atoms with Crippen LogP contribution in [0, 0.1) is 0 Å². The third-order valence-electron chi connectivity index (χ3n) is 3.44. The van der Waals surface area contributed by atoms with Gasteiger partial charge in [0.1, 0.15) is 10.9 Å². The molecule has 8 nitrogen and oxygen atoms in total. The molecule has 0 saturated carbocycles. The normalized spacial score (nSPS) is 11.7. The maximum absolute atomic E-state index is 12.3. The van der Waals surface area contributed by atoms with E-state index in [2.05, 4.69) is 15.3 Å². The van der Waals surface area contributed by atoms with Crippen LogP contribution in [0.1, 0.15) is 30.6 Å². The average Bonchev–Trinajstić information content (AvgIpc) is 2.63. The minimum atomic E-state index is -0.619. The van der Waals surface area contributed by atoms with E-state index in [1.165, 1.54) is 12.1 Å². The van der Waals surface area contributed by atoms with E-state index in [0.29, 0.717) is 17.0 Å². The molecule has 0 bridgehead atoms. The van der Waals surface area contributed by atoms with Gasteiger partial charge in [0, 0.05) is 10.6 Å². The highest BCUT2D eigenvalue weighted by Crippen LogP contribution is 2.24. The van der Waals surface area contributed by atoms with Crippen LogP contribution in [0.3, 0.4) is 0 Å². The maximum Gasteiger partial charge on any atom is 0.319 e. The Morgan fingerprint density at radius 2 is 2.00 bits per heavy atom. The lowest BCUT2D eigenvalue weighted by molar-refractivity contribution is -0.142. The molecular formula is C17H19ClN4O4S. The number of hydrogen-bond acceptors (Lipinski definition) is 7. The zero-order valence-corrected chi connectivity index (χ0v) is 16.3. The number of rotatable bonds is 7. The van der Waals surface area contributed by atoms with E-state index in [-0.39, 0.29) is 23.3 Å². The summed E-state index contributed by atoms with van der Waals surface area (Å²) in [5.74, 6) is -1.07. The Balaban J connectivity index is 2.18. The molecule has 1 aromatic heterocycles. The number of carbonyl (C=O) groups is 2. The third kappa shape index (κ3) is 5.48. The van der Waals surface area contributed by atoms with Crippen molar-refractivity contribution in [1.29, 1.82) is 0 Å². The van der Waals surface area contributed by atoms with Gasteiger partial charge in [-0.05, 0) is 37.6 Å². The van der Waals surface area contributed by atoms with Gasteiger partial charge in [0.15, 0.2) is 11.0 Å². The fraction of sp³-hybridized carbons (Fsp3) is 0.294. The predicted octanol–water partition coefficient (Wildman–Crippen LogP) is 2.69. The summed E-state index contributed by atoms with van der Waals surface area (Å²) in [6.07, 6.45) is 0.488. The first-order valence-corrected chi connectivity index (χ1v) is 9.41. The summed E-state index contributed by atoms with van der Waals surface area (Å²) in [6.45, 7) is 3.79. The molecule has 0 fully saturated rings. The Labute approximate surface area is 164 Å². The van der Waals surface area contributed by atoms with E-state index < -0.39 is 22.7 Å². The average molecular weight is 411 g/mol. The van der Waals surface area contributed by atoms with Gasteiger partial charge in [-0.3, -0.25) is 19.4 Å². The smallest absolute Gasteiger partial charge is 0.319 e. The summed E-state index contributed by atoms with van der Waals surface area (Å²) >= 11 is 6.83. The van der Waals surface area contributed by atoms with Gasteiger partial charge < -0.3 is 15.8 Å². The number of aromatic nitrogens is 2. The number of nitrogens with one attached hydrogen (secondary N) is 2. The number of nitrogens with zero attached hydrogens (tertiary/aromatic N) is 1. The lowest BCUT2D eigenvalue weighted by atomic mass is 10.2. The largest absolute Gasteiger partial charge is 0.465 e. The van der Waals surface area contributed by atoms with Crippen LogP contribution in [0.4, 0.5) is 11.5 Å². The molecule has 2 aromatic rings. The van der Waals surface area contributed by atoms with E-state index in [9.17, 15) is 14.4 Å². The van der Waals surface area contributed by atoms with Gasteiger partial charge in [-0.2, -0.15) is 0 Å². The molecule has 2 rings (SSSR count). The Morgan fingerprint density at radius 1 is 1.33 bits per heavy atom. The Hall–Kier alpha value is -2.52. The molecule has 0 saturated heterocycles. The van der Waals surface area contributed by atoms with Crippen molar-refractivity contribution in [2.75, 3.05) is 17.7 Å². The van der Waals surface area contributed by atoms with Crippen LogP contribution in [-0.4, -0.2) is 33.7 Å². The second-order valence-electron chi connectivity index (χ2n) is 5.36. The molecule has 0 aliphatic rings. The van der Waals surface area contributed by atoms with Crippen molar-refractivity contribution in [2.24, 2.45) is 0 Å². The van der Waals surface area contributed by atoms with Crippen molar-refractivity contribution >= 4 is 46.7 Å². The molecule has 144 valence electrons. The maximum atomic E-state index is 12.3. The van der Waals surface area contributed by atoms with Gasteiger partial charge in [0.05, 0.1) is 6.61 Å². The summed E-state index contributed by atoms with van der Waals surface area (Å²) in [4.78, 5) is 43.0. The first kappa shape index (κ1) is 20.8. The molecule has 0 spiro atoms. The van der Waals surface area contributed by atoms with Crippen molar-refractivity contribution < 1.29 is 14.3 Å². The van der Waals surface area contributed by atoms with Crippen molar-refractivity contribution in [2.45, 2.75) is 30.7 Å². The quantitative estimate of drug-likeness (QED) is 0.363. The first-order chi connectivity index (χ1) is 12.8. The number of H-pyrrole nitrogens is 1. The number of thioether (sulfide) groups is 1. The van der Waals surface area contributed by atoms with Gasteiger partial charge in [-0.25, -0.2) is 4.98 Å². The lowest BCUT2D eigenvalue weighted by Crippen LogP contribution is -2.24. The van der Waals surface area contributed by atoms with E-state index in [4.69, 9.17) is 22.1 Å². The Kier molecular flexibility index (Phi) is 7.26. The predicted molar refractivity (Wildman–Crippen MR) is 105 cm³/mol. The third-order valence-corrected chi connectivity index (χ3v) is 4.92. The Morgan fingerprint density at radius 3 is 2.56 bits per heavy atom. The fourth-order valence-electron chi connectivity index (χ4n) is 2.10. The second kappa shape index (κ2) is 9.43. The zero-order valence-electron chi connectivity index (χ0n) is 14.7. The molecule has 0 radical (unpaired) electrons. The molecule has 10 heteroatoms. The fourth-order valence-corrected chi connectivity index (χ4v) is 3.13. The molecule has 0 aliphatic heterocycles.